The number of nitrogens with one attached hydrogen (secondary N) is 1. The van der Waals surface area contributed by atoms with Crippen LogP contribution in [0.4, 0.5) is 0 Å². The third-order valence-corrected chi connectivity index (χ3v) is 3.61. The van der Waals surface area contributed by atoms with Gasteiger partial charge in [0, 0.05) is 13.0 Å². The lowest BCUT2D eigenvalue weighted by Crippen LogP contribution is -2.31. The molecule has 2 rings (SSSR count). The topological polar surface area (TPSA) is 38.3 Å². The molecule has 0 fully saturated rings. The van der Waals surface area contributed by atoms with Gasteiger partial charge in [0.25, 0.3) is 0 Å². The van der Waals surface area contributed by atoms with Crippen LogP contribution in [0, 0.1) is 0 Å². The van der Waals surface area contributed by atoms with Crippen molar-refractivity contribution in [1.82, 2.24) is 5.32 Å². The first kappa shape index (κ1) is 17.1. The molecule has 3 heteroatoms. The zero-order valence-corrected chi connectivity index (χ0v) is 14.1. The normalized spacial score (nSPS) is 11.8. The maximum absolute atomic E-state index is 11.1. The van der Waals surface area contributed by atoms with Crippen LogP contribution in [-0.2, 0) is 11.2 Å². The average molecular weight is 311 g/mol. The first-order chi connectivity index (χ1) is 11.1. The maximum atomic E-state index is 11.1. The Morgan fingerprint density at radius 1 is 1.04 bits per heavy atom. The van der Waals surface area contributed by atoms with Crippen molar-refractivity contribution < 1.29 is 9.53 Å². The van der Waals surface area contributed by atoms with E-state index in [1.54, 1.807) is 6.92 Å². The molecule has 0 aliphatic carbocycles. The summed E-state index contributed by atoms with van der Waals surface area (Å²) >= 11 is 0. The van der Waals surface area contributed by atoms with Gasteiger partial charge in [-0.2, -0.15) is 0 Å². The molecule has 1 atom stereocenters. The minimum absolute atomic E-state index is 0.0134. The van der Waals surface area contributed by atoms with Crippen molar-refractivity contribution in [2.45, 2.75) is 39.7 Å². The van der Waals surface area contributed by atoms with E-state index in [0.29, 0.717) is 0 Å². The fourth-order valence-electron chi connectivity index (χ4n) is 2.55. The smallest absolute Gasteiger partial charge is 0.217 e. The van der Waals surface area contributed by atoms with Gasteiger partial charge in [0.05, 0.1) is 6.61 Å². The van der Waals surface area contributed by atoms with Crippen LogP contribution in [-0.4, -0.2) is 18.6 Å². The summed E-state index contributed by atoms with van der Waals surface area (Å²) < 4.78 is 5.61. The summed E-state index contributed by atoms with van der Waals surface area (Å²) in [5.74, 6) is 0.927. The predicted molar refractivity (Wildman–Crippen MR) is 94.6 cm³/mol. The van der Waals surface area contributed by atoms with E-state index in [2.05, 4.69) is 48.6 Å². The Bertz CT molecular complexity index is 617. The number of rotatable bonds is 7. The molecule has 0 radical (unpaired) electrons. The molecule has 0 aliphatic rings. The van der Waals surface area contributed by atoms with Crippen LogP contribution < -0.4 is 10.1 Å². The van der Waals surface area contributed by atoms with E-state index in [9.17, 15) is 4.79 Å². The van der Waals surface area contributed by atoms with E-state index in [4.69, 9.17) is 4.74 Å². The highest BCUT2D eigenvalue weighted by Crippen LogP contribution is 2.23. The zero-order chi connectivity index (χ0) is 16.7. The van der Waals surface area contributed by atoms with Crippen molar-refractivity contribution in [1.29, 1.82) is 0 Å². The molecule has 1 amide bonds. The number of carbonyl (C=O) groups is 1. The van der Waals surface area contributed by atoms with E-state index in [1.807, 2.05) is 19.1 Å². The summed E-state index contributed by atoms with van der Waals surface area (Å²) in [6, 6.07) is 16.8. The molecule has 3 nitrogen and oxygen atoms in total. The molecular weight excluding hydrogens is 286 g/mol. The Balaban J connectivity index is 2.00. The van der Waals surface area contributed by atoms with Gasteiger partial charge in [-0.15, -0.1) is 0 Å². The largest absolute Gasteiger partial charge is 0.494 e. The van der Waals surface area contributed by atoms with Crippen molar-refractivity contribution in [2.75, 3.05) is 6.61 Å². The summed E-state index contributed by atoms with van der Waals surface area (Å²) in [5.41, 5.74) is 3.58. The number of benzene rings is 2. The van der Waals surface area contributed by atoms with Gasteiger partial charge in [-0.05, 0) is 48.6 Å². The number of carbonyl (C=O) groups excluding carboxylic acids is 1. The van der Waals surface area contributed by atoms with Gasteiger partial charge in [0.2, 0.25) is 5.91 Å². The Morgan fingerprint density at radius 2 is 1.61 bits per heavy atom. The van der Waals surface area contributed by atoms with Crippen LogP contribution in [0.5, 0.6) is 5.75 Å². The molecule has 0 aromatic heterocycles. The first-order valence-corrected chi connectivity index (χ1v) is 8.17. The maximum Gasteiger partial charge on any atom is 0.217 e. The lowest BCUT2D eigenvalue weighted by atomic mass is 10.0. The van der Waals surface area contributed by atoms with Crippen LogP contribution in [0.1, 0.15) is 32.8 Å². The molecule has 0 bridgehead atoms. The van der Waals surface area contributed by atoms with Crippen molar-refractivity contribution in [3.63, 3.8) is 0 Å². The Hall–Kier alpha value is -2.29. The molecule has 0 heterocycles. The summed E-state index contributed by atoms with van der Waals surface area (Å²) in [5, 5.41) is 2.91. The molecule has 0 unspecified atom stereocenters. The second-order valence-corrected chi connectivity index (χ2v) is 5.88. The van der Waals surface area contributed by atoms with Gasteiger partial charge < -0.3 is 10.1 Å². The quantitative estimate of drug-likeness (QED) is 0.832. The fraction of sp³-hybridized carbons (Fsp3) is 0.350. The summed E-state index contributed by atoms with van der Waals surface area (Å²) in [7, 11) is 0. The lowest BCUT2D eigenvalue weighted by Gasteiger charge is -2.13. The molecular formula is C20H25NO2. The molecule has 0 saturated carbocycles. The monoisotopic (exact) mass is 311 g/mol. The van der Waals surface area contributed by atoms with Gasteiger partial charge in [-0.3, -0.25) is 4.79 Å². The van der Waals surface area contributed by atoms with Crippen LogP contribution in [0.25, 0.3) is 11.1 Å². The number of amides is 1. The van der Waals surface area contributed by atoms with Gasteiger partial charge in [-0.1, -0.05) is 43.3 Å². The molecule has 0 saturated heterocycles. The number of hydrogen-bond acceptors (Lipinski definition) is 2. The fourth-order valence-corrected chi connectivity index (χ4v) is 2.55. The highest BCUT2D eigenvalue weighted by Gasteiger charge is 2.05. The lowest BCUT2D eigenvalue weighted by molar-refractivity contribution is -0.119. The molecule has 122 valence electrons. The zero-order valence-electron chi connectivity index (χ0n) is 14.1. The molecule has 0 aliphatic heterocycles. The standard InChI is InChI=1S/C20H25NO2/c1-4-13-23-20-11-9-19(10-12-20)18-7-5-17(6-8-18)14-15(2)21-16(3)22/h5-12,15H,4,13-14H2,1-3H3,(H,21,22)/t15-/m0/s1. The minimum atomic E-state index is 0.0134. The van der Waals surface area contributed by atoms with E-state index in [0.717, 1.165) is 25.2 Å². The van der Waals surface area contributed by atoms with Crippen LogP contribution in [0.3, 0.4) is 0 Å². The van der Waals surface area contributed by atoms with Crippen LogP contribution in [0.15, 0.2) is 48.5 Å². The van der Waals surface area contributed by atoms with E-state index < -0.39 is 0 Å². The van der Waals surface area contributed by atoms with Gasteiger partial charge in [-0.25, -0.2) is 0 Å². The van der Waals surface area contributed by atoms with Gasteiger partial charge >= 0.3 is 0 Å². The van der Waals surface area contributed by atoms with Crippen molar-refractivity contribution in [3.8, 4) is 16.9 Å². The van der Waals surface area contributed by atoms with Crippen LogP contribution in [0.2, 0.25) is 0 Å². The highest BCUT2D eigenvalue weighted by molar-refractivity contribution is 5.73. The highest BCUT2D eigenvalue weighted by atomic mass is 16.5. The number of ether oxygens (including phenoxy) is 1. The summed E-state index contributed by atoms with van der Waals surface area (Å²) in [4.78, 5) is 11.1. The number of hydrogen-bond donors (Lipinski definition) is 1. The van der Waals surface area contributed by atoms with Crippen molar-refractivity contribution >= 4 is 5.91 Å². The second-order valence-electron chi connectivity index (χ2n) is 5.88. The second kappa shape index (κ2) is 8.37. The van der Waals surface area contributed by atoms with E-state index >= 15 is 0 Å². The summed E-state index contributed by atoms with van der Waals surface area (Å²) in [6.45, 7) is 6.42. The Labute approximate surface area is 138 Å². The first-order valence-electron chi connectivity index (χ1n) is 8.17. The van der Waals surface area contributed by atoms with Crippen LogP contribution >= 0.6 is 0 Å². The van der Waals surface area contributed by atoms with E-state index in [-0.39, 0.29) is 11.9 Å². The Morgan fingerprint density at radius 3 is 2.13 bits per heavy atom. The molecule has 2 aromatic rings. The van der Waals surface area contributed by atoms with Crippen molar-refractivity contribution in [2.24, 2.45) is 0 Å². The predicted octanol–water partition coefficient (Wildman–Crippen LogP) is 4.21. The van der Waals surface area contributed by atoms with E-state index in [1.165, 1.54) is 16.7 Å². The summed E-state index contributed by atoms with van der Waals surface area (Å²) in [6.07, 6.45) is 1.85. The SMILES string of the molecule is CCCOc1ccc(-c2ccc(C[C@H](C)NC(C)=O)cc2)cc1. The molecule has 0 spiro atoms. The Kier molecular flexibility index (Phi) is 6.21. The third kappa shape index (κ3) is 5.44. The third-order valence-electron chi connectivity index (χ3n) is 3.61. The average Bonchev–Trinajstić information content (AvgIpc) is 2.53. The van der Waals surface area contributed by atoms with Gasteiger partial charge in [0.15, 0.2) is 0 Å². The molecule has 1 N–H and O–H groups in total. The van der Waals surface area contributed by atoms with Gasteiger partial charge in [0.1, 0.15) is 5.75 Å². The van der Waals surface area contributed by atoms with Crippen molar-refractivity contribution in [3.05, 3.63) is 54.1 Å². The molecule has 2 aromatic carbocycles. The molecule has 23 heavy (non-hydrogen) atoms. The minimum Gasteiger partial charge on any atom is -0.494 e.